The highest BCUT2D eigenvalue weighted by atomic mass is 15.2. The van der Waals surface area contributed by atoms with E-state index in [9.17, 15) is 0 Å². The summed E-state index contributed by atoms with van der Waals surface area (Å²) < 4.78 is 0. The van der Waals surface area contributed by atoms with Crippen molar-refractivity contribution in [1.29, 1.82) is 0 Å². The number of likely N-dealkylation sites (tertiary alicyclic amines) is 1. The molecule has 1 heterocycles. The average Bonchev–Trinajstić information content (AvgIpc) is 2.30. The quantitative estimate of drug-likeness (QED) is 0.611. The molecule has 0 amide bonds. The summed E-state index contributed by atoms with van der Waals surface area (Å²) in [6, 6.07) is 0.626. The third-order valence-corrected chi connectivity index (χ3v) is 2.91. The number of allylic oxidation sites excluding steroid dienone is 1. The Bertz CT molecular complexity index is 152. The third-order valence-electron chi connectivity index (χ3n) is 2.91. The van der Waals surface area contributed by atoms with Crippen molar-refractivity contribution in [3.63, 3.8) is 0 Å². The SMILES string of the molecule is C=C1C(C(C)C)CCN1C(C)C. The first-order valence-electron chi connectivity index (χ1n) is 4.99. The Labute approximate surface area is 76.5 Å². The van der Waals surface area contributed by atoms with E-state index in [0.29, 0.717) is 6.04 Å². The maximum Gasteiger partial charge on any atom is 0.0230 e. The number of hydrogen-bond acceptors (Lipinski definition) is 1. The van der Waals surface area contributed by atoms with Gasteiger partial charge in [0, 0.05) is 24.2 Å². The van der Waals surface area contributed by atoms with Gasteiger partial charge < -0.3 is 4.90 Å². The van der Waals surface area contributed by atoms with E-state index in [2.05, 4.69) is 39.2 Å². The van der Waals surface area contributed by atoms with E-state index in [1.54, 1.807) is 0 Å². The second-order valence-electron chi connectivity index (χ2n) is 4.42. The molecule has 1 rings (SSSR count). The lowest BCUT2D eigenvalue weighted by Gasteiger charge is -2.26. The molecule has 0 bridgehead atoms. The third kappa shape index (κ3) is 1.65. The van der Waals surface area contributed by atoms with Gasteiger partial charge in [0.05, 0.1) is 0 Å². The van der Waals surface area contributed by atoms with Crippen molar-refractivity contribution in [2.45, 2.75) is 40.2 Å². The van der Waals surface area contributed by atoms with Gasteiger partial charge in [-0.1, -0.05) is 20.4 Å². The standard InChI is InChI=1S/C11H21N/c1-8(2)11-6-7-12(9(3)4)10(11)5/h8-9,11H,5-7H2,1-4H3. The van der Waals surface area contributed by atoms with E-state index >= 15 is 0 Å². The Morgan fingerprint density at radius 2 is 1.92 bits per heavy atom. The predicted octanol–water partition coefficient (Wildman–Crippen LogP) is 2.89. The van der Waals surface area contributed by atoms with E-state index in [0.717, 1.165) is 11.8 Å². The van der Waals surface area contributed by atoms with Gasteiger partial charge in [-0.25, -0.2) is 0 Å². The minimum atomic E-state index is 0.626. The van der Waals surface area contributed by atoms with Crippen molar-refractivity contribution < 1.29 is 0 Å². The molecule has 70 valence electrons. The van der Waals surface area contributed by atoms with Crippen LogP contribution in [0.15, 0.2) is 12.3 Å². The van der Waals surface area contributed by atoms with Gasteiger partial charge in [0.15, 0.2) is 0 Å². The zero-order chi connectivity index (χ0) is 9.30. The lowest BCUT2D eigenvalue weighted by atomic mass is 9.93. The fourth-order valence-corrected chi connectivity index (χ4v) is 2.11. The maximum absolute atomic E-state index is 4.19. The fourth-order valence-electron chi connectivity index (χ4n) is 2.11. The molecule has 1 aliphatic rings. The van der Waals surface area contributed by atoms with E-state index in [-0.39, 0.29) is 0 Å². The molecule has 0 aromatic carbocycles. The highest BCUT2D eigenvalue weighted by Crippen LogP contribution is 2.33. The van der Waals surface area contributed by atoms with Crippen molar-refractivity contribution in [3.05, 3.63) is 12.3 Å². The summed E-state index contributed by atoms with van der Waals surface area (Å²) >= 11 is 0. The van der Waals surface area contributed by atoms with Gasteiger partial charge in [-0.15, -0.1) is 0 Å². The first-order valence-corrected chi connectivity index (χ1v) is 4.99. The van der Waals surface area contributed by atoms with Crippen LogP contribution in [0.25, 0.3) is 0 Å². The maximum atomic E-state index is 4.19. The molecule has 1 unspecified atom stereocenters. The Kier molecular flexibility index (Phi) is 2.81. The summed E-state index contributed by atoms with van der Waals surface area (Å²) in [5, 5.41) is 0. The van der Waals surface area contributed by atoms with Crippen LogP contribution in [0.3, 0.4) is 0 Å². The van der Waals surface area contributed by atoms with E-state index in [4.69, 9.17) is 0 Å². The van der Waals surface area contributed by atoms with Crippen LogP contribution < -0.4 is 0 Å². The highest BCUT2D eigenvalue weighted by Gasteiger charge is 2.29. The second kappa shape index (κ2) is 3.51. The smallest absolute Gasteiger partial charge is 0.0230 e. The fraction of sp³-hybridized carbons (Fsp3) is 0.818. The zero-order valence-corrected chi connectivity index (χ0v) is 8.80. The van der Waals surface area contributed by atoms with Crippen molar-refractivity contribution in [3.8, 4) is 0 Å². The van der Waals surface area contributed by atoms with Crippen molar-refractivity contribution >= 4 is 0 Å². The minimum absolute atomic E-state index is 0.626. The molecule has 1 aliphatic heterocycles. The molecule has 12 heavy (non-hydrogen) atoms. The largest absolute Gasteiger partial charge is 0.373 e. The molecule has 0 radical (unpaired) electrons. The molecule has 0 N–H and O–H groups in total. The van der Waals surface area contributed by atoms with E-state index in [1.807, 2.05) is 0 Å². The van der Waals surface area contributed by atoms with Gasteiger partial charge >= 0.3 is 0 Å². The van der Waals surface area contributed by atoms with Gasteiger partial charge in [-0.2, -0.15) is 0 Å². The second-order valence-corrected chi connectivity index (χ2v) is 4.42. The topological polar surface area (TPSA) is 3.24 Å². The molecular weight excluding hydrogens is 146 g/mol. The Morgan fingerprint density at radius 3 is 2.17 bits per heavy atom. The van der Waals surface area contributed by atoms with Gasteiger partial charge in [-0.3, -0.25) is 0 Å². The van der Waals surface area contributed by atoms with Gasteiger partial charge in [0.2, 0.25) is 0 Å². The molecule has 0 aromatic heterocycles. The van der Waals surface area contributed by atoms with Crippen LogP contribution in [0.4, 0.5) is 0 Å². The monoisotopic (exact) mass is 167 g/mol. The van der Waals surface area contributed by atoms with E-state index < -0.39 is 0 Å². The molecule has 1 heteroatoms. The lowest BCUT2D eigenvalue weighted by Crippen LogP contribution is -2.26. The zero-order valence-electron chi connectivity index (χ0n) is 8.80. The first-order chi connectivity index (χ1) is 5.54. The van der Waals surface area contributed by atoms with Crippen molar-refractivity contribution in [2.75, 3.05) is 6.54 Å². The highest BCUT2D eigenvalue weighted by molar-refractivity contribution is 5.07. The Hall–Kier alpha value is -0.460. The van der Waals surface area contributed by atoms with Gasteiger partial charge in [0.25, 0.3) is 0 Å². The molecule has 0 spiro atoms. The Morgan fingerprint density at radius 1 is 1.33 bits per heavy atom. The predicted molar refractivity (Wildman–Crippen MR) is 53.9 cm³/mol. The molecular formula is C11H21N. The van der Waals surface area contributed by atoms with Crippen LogP contribution in [0.2, 0.25) is 0 Å². The summed E-state index contributed by atoms with van der Waals surface area (Å²) in [5.74, 6) is 1.48. The van der Waals surface area contributed by atoms with Crippen LogP contribution in [-0.2, 0) is 0 Å². The Balaban J connectivity index is 2.61. The van der Waals surface area contributed by atoms with E-state index in [1.165, 1.54) is 18.7 Å². The summed E-state index contributed by atoms with van der Waals surface area (Å²) in [4.78, 5) is 2.44. The summed E-state index contributed by atoms with van der Waals surface area (Å²) in [5.41, 5.74) is 1.36. The van der Waals surface area contributed by atoms with Crippen LogP contribution in [0, 0.1) is 11.8 Å². The van der Waals surface area contributed by atoms with Crippen LogP contribution in [0.5, 0.6) is 0 Å². The van der Waals surface area contributed by atoms with Crippen LogP contribution in [-0.4, -0.2) is 17.5 Å². The summed E-state index contributed by atoms with van der Waals surface area (Å²) in [7, 11) is 0. The molecule has 1 fully saturated rings. The number of nitrogens with zero attached hydrogens (tertiary/aromatic N) is 1. The molecule has 0 saturated carbocycles. The normalized spacial score (nSPS) is 24.7. The molecule has 1 saturated heterocycles. The van der Waals surface area contributed by atoms with Crippen LogP contribution >= 0.6 is 0 Å². The lowest BCUT2D eigenvalue weighted by molar-refractivity contribution is 0.316. The van der Waals surface area contributed by atoms with Crippen molar-refractivity contribution in [2.24, 2.45) is 11.8 Å². The molecule has 1 nitrogen and oxygen atoms in total. The number of rotatable bonds is 2. The molecule has 1 atom stereocenters. The minimum Gasteiger partial charge on any atom is -0.373 e. The summed E-state index contributed by atoms with van der Waals surface area (Å²) in [6.45, 7) is 14.5. The van der Waals surface area contributed by atoms with Gasteiger partial charge in [0.1, 0.15) is 0 Å². The average molecular weight is 167 g/mol. The molecule has 0 aliphatic carbocycles. The van der Waals surface area contributed by atoms with Crippen LogP contribution in [0.1, 0.15) is 34.1 Å². The first kappa shape index (κ1) is 9.63. The summed E-state index contributed by atoms with van der Waals surface area (Å²) in [6.07, 6.45) is 1.30. The van der Waals surface area contributed by atoms with Crippen molar-refractivity contribution in [1.82, 2.24) is 4.90 Å². The molecule has 0 aromatic rings. The van der Waals surface area contributed by atoms with Gasteiger partial charge in [-0.05, 0) is 26.2 Å². The number of hydrogen-bond donors (Lipinski definition) is 0.